The Morgan fingerprint density at radius 1 is 1.26 bits per heavy atom. The van der Waals surface area contributed by atoms with Gasteiger partial charge in [-0.1, -0.05) is 32.9 Å². The Labute approximate surface area is 143 Å². The fourth-order valence-electron chi connectivity index (χ4n) is 2.28. The Bertz CT molecular complexity index is 656. The highest BCUT2D eigenvalue weighted by Crippen LogP contribution is 2.21. The molecule has 0 aliphatic carbocycles. The topological polar surface area (TPSA) is 72.9 Å². The van der Waals surface area contributed by atoms with E-state index in [9.17, 15) is 4.79 Å². The number of anilines is 2. The number of nitrogens with one attached hydrogen (secondary N) is 1. The smallest absolute Gasteiger partial charge is 0.229 e. The van der Waals surface area contributed by atoms with Crippen molar-refractivity contribution in [2.75, 3.05) is 11.1 Å². The minimum absolute atomic E-state index is 0. The van der Waals surface area contributed by atoms with Crippen LogP contribution in [0.2, 0.25) is 0 Å². The first-order valence-electron chi connectivity index (χ1n) is 7.40. The molecule has 0 aliphatic heterocycles. The Morgan fingerprint density at radius 2 is 1.87 bits per heavy atom. The number of benzene rings is 1. The molecule has 0 saturated carbocycles. The third-order valence-corrected chi connectivity index (χ3v) is 3.25. The maximum Gasteiger partial charge on any atom is 0.229 e. The van der Waals surface area contributed by atoms with Gasteiger partial charge in [0.15, 0.2) is 0 Å². The summed E-state index contributed by atoms with van der Waals surface area (Å²) in [6.45, 7) is 6.50. The van der Waals surface area contributed by atoms with Crippen LogP contribution in [0, 0.1) is 5.41 Å². The minimum atomic E-state index is -0.0601. The molecule has 0 fully saturated rings. The molecule has 0 aliphatic rings. The van der Waals surface area contributed by atoms with Crippen LogP contribution in [0.5, 0.6) is 0 Å². The average Bonchev–Trinajstić information content (AvgIpc) is 2.70. The van der Waals surface area contributed by atoms with Gasteiger partial charge >= 0.3 is 0 Å². The van der Waals surface area contributed by atoms with E-state index >= 15 is 0 Å². The van der Waals surface area contributed by atoms with Crippen molar-refractivity contribution >= 4 is 29.8 Å². The van der Waals surface area contributed by atoms with E-state index in [4.69, 9.17) is 5.73 Å². The molecule has 23 heavy (non-hydrogen) atoms. The number of amides is 1. The second-order valence-corrected chi connectivity index (χ2v) is 6.85. The van der Waals surface area contributed by atoms with E-state index in [1.165, 1.54) is 0 Å². The van der Waals surface area contributed by atoms with Crippen LogP contribution in [0.15, 0.2) is 30.3 Å². The Morgan fingerprint density at radius 3 is 2.43 bits per heavy atom. The molecule has 1 amide bonds. The molecule has 126 valence electrons. The van der Waals surface area contributed by atoms with Gasteiger partial charge in [0.25, 0.3) is 0 Å². The van der Waals surface area contributed by atoms with E-state index in [1.807, 2.05) is 25.2 Å². The fourth-order valence-corrected chi connectivity index (χ4v) is 2.28. The van der Waals surface area contributed by atoms with Gasteiger partial charge in [-0.2, -0.15) is 5.10 Å². The monoisotopic (exact) mass is 336 g/mol. The summed E-state index contributed by atoms with van der Waals surface area (Å²) in [4.78, 5) is 12.1. The highest BCUT2D eigenvalue weighted by molar-refractivity contribution is 5.91. The lowest BCUT2D eigenvalue weighted by atomic mass is 9.91. The van der Waals surface area contributed by atoms with Crippen LogP contribution in [0.25, 0.3) is 0 Å². The number of carbonyl (C=O) groups excluding carboxylic acids is 1. The summed E-state index contributed by atoms with van der Waals surface area (Å²) in [6, 6.07) is 9.26. The number of aromatic nitrogens is 2. The first-order chi connectivity index (χ1) is 10.2. The highest BCUT2D eigenvalue weighted by atomic mass is 35.5. The minimum Gasteiger partial charge on any atom is -0.399 e. The van der Waals surface area contributed by atoms with Crippen molar-refractivity contribution < 1.29 is 4.79 Å². The number of nitrogen functional groups attached to an aromatic ring is 1. The van der Waals surface area contributed by atoms with Crippen molar-refractivity contribution in [2.45, 2.75) is 33.6 Å². The quantitative estimate of drug-likeness (QED) is 0.842. The maximum atomic E-state index is 12.1. The van der Waals surface area contributed by atoms with Crippen molar-refractivity contribution in [3.63, 3.8) is 0 Å². The number of aryl methyl sites for hydroxylation is 1. The predicted octanol–water partition coefficient (Wildman–Crippen LogP) is 3.19. The summed E-state index contributed by atoms with van der Waals surface area (Å²) < 4.78 is 1.71. The summed E-state index contributed by atoms with van der Waals surface area (Å²) >= 11 is 0. The standard InChI is InChI=1S/C17H24N4O.ClH/c1-17(2,3)11-14-10-15(21(4)20-14)19-16(22)9-12-5-7-13(18)8-6-12;/h5-8,10H,9,11,18H2,1-4H3,(H,19,22);1H. The average molecular weight is 337 g/mol. The van der Waals surface area contributed by atoms with Gasteiger partial charge < -0.3 is 11.1 Å². The molecule has 0 radical (unpaired) electrons. The predicted molar refractivity (Wildman–Crippen MR) is 96.8 cm³/mol. The fraction of sp³-hybridized carbons (Fsp3) is 0.412. The lowest BCUT2D eigenvalue weighted by Crippen LogP contribution is -2.16. The molecular formula is C17H25ClN4O. The van der Waals surface area contributed by atoms with Crippen LogP contribution in [0.4, 0.5) is 11.5 Å². The number of hydrogen-bond donors (Lipinski definition) is 2. The van der Waals surface area contributed by atoms with Gasteiger partial charge in [-0.15, -0.1) is 12.4 Å². The van der Waals surface area contributed by atoms with E-state index in [2.05, 4.69) is 31.2 Å². The highest BCUT2D eigenvalue weighted by Gasteiger charge is 2.16. The Kier molecular flexibility index (Phi) is 6.21. The van der Waals surface area contributed by atoms with Crippen LogP contribution < -0.4 is 11.1 Å². The number of hydrogen-bond acceptors (Lipinski definition) is 3. The van der Waals surface area contributed by atoms with Crippen molar-refractivity contribution in [1.82, 2.24) is 9.78 Å². The van der Waals surface area contributed by atoms with Crippen molar-refractivity contribution in [3.05, 3.63) is 41.6 Å². The van der Waals surface area contributed by atoms with E-state index < -0.39 is 0 Å². The van der Waals surface area contributed by atoms with Crippen LogP contribution in [0.1, 0.15) is 32.0 Å². The molecule has 1 aromatic carbocycles. The molecule has 5 nitrogen and oxygen atoms in total. The zero-order valence-corrected chi connectivity index (χ0v) is 14.9. The molecule has 2 rings (SSSR count). The van der Waals surface area contributed by atoms with E-state index in [0.717, 1.165) is 23.5 Å². The van der Waals surface area contributed by atoms with Crippen molar-refractivity contribution in [3.8, 4) is 0 Å². The third-order valence-electron chi connectivity index (χ3n) is 3.25. The SMILES string of the molecule is Cl.Cn1nc(CC(C)(C)C)cc1NC(=O)Cc1ccc(N)cc1. The molecule has 2 aromatic rings. The molecule has 0 atom stereocenters. The molecular weight excluding hydrogens is 312 g/mol. The van der Waals surface area contributed by atoms with Gasteiger partial charge in [-0.3, -0.25) is 9.48 Å². The number of halogens is 1. The Balaban J connectivity index is 0.00000264. The summed E-state index contributed by atoms with van der Waals surface area (Å²) in [5.41, 5.74) is 8.42. The van der Waals surface area contributed by atoms with Crippen molar-refractivity contribution in [2.24, 2.45) is 12.5 Å². The normalized spacial score (nSPS) is 11.0. The Hall–Kier alpha value is -2.01. The van der Waals surface area contributed by atoms with E-state index in [-0.39, 0.29) is 23.7 Å². The molecule has 0 bridgehead atoms. The first kappa shape index (κ1) is 19.0. The van der Waals surface area contributed by atoms with E-state index in [1.54, 1.807) is 16.8 Å². The molecule has 0 spiro atoms. The number of carbonyl (C=O) groups is 1. The molecule has 0 unspecified atom stereocenters. The second-order valence-electron chi connectivity index (χ2n) is 6.85. The van der Waals surface area contributed by atoms with Crippen LogP contribution >= 0.6 is 12.4 Å². The largest absolute Gasteiger partial charge is 0.399 e. The van der Waals surface area contributed by atoms with Gasteiger partial charge in [0.1, 0.15) is 5.82 Å². The zero-order valence-electron chi connectivity index (χ0n) is 14.1. The van der Waals surface area contributed by atoms with Gasteiger partial charge in [-0.05, 0) is 29.5 Å². The lowest BCUT2D eigenvalue weighted by Gasteiger charge is -2.15. The van der Waals surface area contributed by atoms with Crippen molar-refractivity contribution in [1.29, 1.82) is 0 Å². The summed E-state index contributed by atoms with van der Waals surface area (Å²) in [5, 5.41) is 7.36. The molecule has 0 saturated heterocycles. The first-order valence-corrected chi connectivity index (χ1v) is 7.40. The van der Waals surface area contributed by atoms with Crippen LogP contribution in [0.3, 0.4) is 0 Å². The molecule has 1 heterocycles. The maximum absolute atomic E-state index is 12.1. The van der Waals surface area contributed by atoms with Crippen LogP contribution in [-0.4, -0.2) is 15.7 Å². The third kappa shape index (κ3) is 5.94. The zero-order chi connectivity index (χ0) is 16.3. The van der Waals surface area contributed by atoms with E-state index in [0.29, 0.717) is 12.1 Å². The number of rotatable bonds is 4. The van der Waals surface area contributed by atoms with Gasteiger partial charge in [0.05, 0.1) is 12.1 Å². The van der Waals surface area contributed by atoms with Crippen LogP contribution in [-0.2, 0) is 24.7 Å². The van der Waals surface area contributed by atoms with Gasteiger partial charge in [-0.25, -0.2) is 0 Å². The number of nitrogens with zero attached hydrogens (tertiary/aromatic N) is 2. The number of nitrogens with two attached hydrogens (primary N) is 1. The molecule has 1 aromatic heterocycles. The summed E-state index contributed by atoms with van der Waals surface area (Å²) in [7, 11) is 1.84. The van der Waals surface area contributed by atoms with Gasteiger partial charge in [0, 0.05) is 18.8 Å². The van der Waals surface area contributed by atoms with Gasteiger partial charge in [0.2, 0.25) is 5.91 Å². The summed E-state index contributed by atoms with van der Waals surface area (Å²) in [5.74, 6) is 0.662. The summed E-state index contributed by atoms with van der Waals surface area (Å²) in [6.07, 6.45) is 1.19. The molecule has 3 N–H and O–H groups in total. The second kappa shape index (κ2) is 7.51. The molecule has 6 heteroatoms. The lowest BCUT2D eigenvalue weighted by molar-refractivity contribution is -0.115.